The van der Waals surface area contributed by atoms with Crippen LogP contribution in [0.3, 0.4) is 0 Å². The topological polar surface area (TPSA) is 102 Å². The smallest absolute Gasteiger partial charge is 0.311 e. The van der Waals surface area contributed by atoms with E-state index in [1.807, 2.05) is 6.07 Å². The lowest BCUT2D eigenvalue weighted by Crippen LogP contribution is -2.11. The molecule has 0 saturated heterocycles. The summed E-state index contributed by atoms with van der Waals surface area (Å²) in [7, 11) is 0. The molecule has 0 saturated carbocycles. The largest absolute Gasteiger partial charge is 0.482 e. The first-order valence-electron chi connectivity index (χ1n) is 6.29. The van der Waals surface area contributed by atoms with Crippen molar-refractivity contribution in [2.75, 3.05) is 0 Å². The van der Waals surface area contributed by atoms with Crippen molar-refractivity contribution in [3.63, 3.8) is 0 Å². The van der Waals surface area contributed by atoms with Gasteiger partial charge < -0.3 is 10.5 Å². The van der Waals surface area contributed by atoms with Gasteiger partial charge in [0.05, 0.1) is 4.92 Å². The second-order valence-corrected chi connectivity index (χ2v) is 4.58. The summed E-state index contributed by atoms with van der Waals surface area (Å²) in [5.41, 5.74) is 7.46. The Morgan fingerprint density at radius 3 is 2.71 bits per heavy atom. The third-order valence-electron chi connectivity index (χ3n) is 3.01. The fourth-order valence-electron chi connectivity index (χ4n) is 1.95. The maximum Gasteiger partial charge on any atom is 0.311 e. The molecule has 0 radical (unpaired) electrons. The number of nitrogens with one attached hydrogen (secondary N) is 1. The Labute approximate surface area is 121 Å². The molecule has 0 amide bonds. The van der Waals surface area contributed by atoms with E-state index in [1.165, 1.54) is 6.07 Å². The van der Waals surface area contributed by atoms with Crippen LogP contribution in [0.2, 0.25) is 0 Å². The quantitative estimate of drug-likeness (QED) is 0.381. The van der Waals surface area contributed by atoms with Crippen molar-refractivity contribution in [2.24, 2.45) is 5.73 Å². The number of nitro groups is 1. The highest BCUT2D eigenvalue weighted by Crippen LogP contribution is 2.30. The van der Waals surface area contributed by atoms with Gasteiger partial charge in [0.2, 0.25) is 0 Å². The summed E-state index contributed by atoms with van der Waals surface area (Å²) in [6.45, 7) is 1.93. The Kier molecular flexibility index (Phi) is 4.18. The van der Waals surface area contributed by atoms with Crippen LogP contribution < -0.4 is 10.5 Å². The molecular weight excluding hydrogens is 270 g/mol. The molecule has 0 aliphatic rings. The van der Waals surface area contributed by atoms with E-state index < -0.39 is 4.92 Å². The molecule has 6 heteroatoms. The highest BCUT2D eigenvalue weighted by Gasteiger charge is 2.17. The average molecular weight is 285 g/mol. The number of hydrogen-bond acceptors (Lipinski definition) is 4. The van der Waals surface area contributed by atoms with Crippen LogP contribution in [0.15, 0.2) is 42.5 Å². The molecule has 2 rings (SSSR count). The molecule has 108 valence electrons. The van der Waals surface area contributed by atoms with Crippen molar-refractivity contribution in [2.45, 2.75) is 13.5 Å². The van der Waals surface area contributed by atoms with Crippen molar-refractivity contribution in [3.8, 4) is 5.75 Å². The van der Waals surface area contributed by atoms with Crippen LogP contribution in [0.25, 0.3) is 0 Å². The number of benzene rings is 2. The molecular formula is C15H15N3O3. The molecule has 2 aromatic rings. The summed E-state index contributed by atoms with van der Waals surface area (Å²) in [5.74, 6) is 0.231. The van der Waals surface area contributed by atoms with Crippen molar-refractivity contribution >= 4 is 11.5 Å². The number of para-hydroxylation sites is 1. The zero-order valence-corrected chi connectivity index (χ0v) is 11.5. The number of nitro benzene ring substituents is 1. The van der Waals surface area contributed by atoms with Crippen LogP contribution in [0.5, 0.6) is 5.75 Å². The summed E-state index contributed by atoms with van der Waals surface area (Å²) < 4.78 is 5.60. The van der Waals surface area contributed by atoms with Crippen LogP contribution in [0.1, 0.15) is 16.7 Å². The molecule has 6 nitrogen and oxygen atoms in total. The zero-order valence-electron chi connectivity index (χ0n) is 11.5. The van der Waals surface area contributed by atoms with Crippen molar-refractivity contribution < 1.29 is 9.66 Å². The van der Waals surface area contributed by atoms with Crippen molar-refractivity contribution in [1.82, 2.24) is 0 Å². The Hall–Kier alpha value is -2.89. The van der Waals surface area contributed by atoms with Crippen molar-refractivity contribution in [3.05, 3.63) is 69.3 Å². The van der Waals surface area contributed by atoms with E-state index in [0.717, 1.165) is 5.56 Å². The lowest BCUT2D eigenvalue weighted by Gasteiger charge is -2.10. The summed E-state index contributed by atoms with van der Waals surface area (Å²) in [6.07, 6.45) is 0. The van der Waals surface area contributed by atoms with Crippen LogP contribution >= 0.6 is 0 Å². The summed E-state index contributed by atoms with van der Waals surface area (Å²) >= 11 is 0. The monoisotopic (exact) mass is 285 g/mol. The molecule has 0 bridgehead atoms. The first-order chi connectivity index (χ1) is 9.99. The molecule has 0 spiro atoms. The molecule has 0 heterocycles. The van der Waals surface area contributed by atoms with Gasteiger partial charge in [0.1, 0.15) is 12.4 Å². The second-order valence-electron chi connectivity index (χ2n) is 4.58. The Morgan fingerprint density at radius 2 is 2.05 bits per heavy atom. The number of ether oxygens (including phenoxy) is 1. The summed E-state index contributed by atoms with van der Waals surface area (Å²) in [4.78, 5) is 10.5. The number of aryl methyl sites for hydroxylation is 1. The lowest BCUT2D eigenvalue weighted by atomic mass is 10.1. The lowest BCUT2D eigenvalue weighted by molar-refractivity contribution is -0.386. The third kappa shape index (κ3) is 3.36. The van der Waals surface area contributed by atoms with Crippen LogP contribution in [0.4, 0.5) is 5.69 Å². The van der Waals surface area contributed by atoms with E-state index in [1.54, 1.807) is 37.3 Å². The maximum absolute atomic E-state index is 11.0. The van der Waals surface area contributed by atoms with Gasteiger partial charge in [-0.15, -0.1) is 0 Å². The van der Waals surface area contributed by atoms with E-state index in [-0.39, 0.29) is 23.9 Å². The van der Waals surface area contributed by atoms with E-state index in [9.17, 15) is 10.1 Å². The standard InChI is InChI=1S/C15H15N3O3/c1-10-4-2-7-13(18(19)20)14(10)21-9-11-5-3-6-12(8-11)15(16)17/h2-8H,9H2,1H3,(H3,16,17). The first kappa shape index (κ1) is 14.5. The Balaban J connectivity index is 2.22. The predicted molar refractivity (Wildman–Crippen MR) is 79.6 cm³/mol. The molecule has 0 aliphatic heterocycles. The van der Waals surface area contributed by atoms with E-state index in [2.05, 4.69) is 0 Å². The maximum atomic E-state index is 11.0. The SMILES string of the molecule is Cc1cccc([N+](=O)[O-])c1OCc1cccc(C(=N)N)c1. The normalized spacial score (nSPS) is 10.1. The van der Waals surface area contributed by atoms with Crippen LogP contribution in [-0.4, -0.2) is 10.8 Å². The van der Waals surface area contributed by atoms with E-state index in [0.29, 0.717) is 11.1 Å². The summed E-state index contributed by atoms with van der Waals surface area (Å²) in [6, 6.07) is 11.8. The summed E-state index contributed by atoms with van der Waals surface area (Å²) in [5, 5.41) is 18.4. The highest BCUT2D eigenvalue weighted by atomic mass is 16.6. The van der Waals surface area contributed by atoms with Gasteiger partial charge in [-0.2, -0.15) is 0 Å². The predicted octanol–water partition coefficient (Wildman–Crippen LogP) is 2.77. The van der Waals surface area contributed by atoms with Crippen LogP contribution in [0, 0.1) is 22.4 Å². The van der Waals surface area contributed by atoms with Gasteiger partial charge >= 0.3 is 5.69 Å². The second kappa shape index (κ2) is 6.04. The molecule has 2 aromatic carbocycles. The number of nitrogen functional groups attached to an aromatic ring is 1. The zero-order chi connectivity index (χ0) is 15.4. The van der Waals surface area contributed by atoms with E-state index >= 15 is 0 Å². The number of hydrogen-bond donors (Lipinski definition) is 2. The Morgan fingerprint density at radius 1 is 1.33 bits per heavy atom. The minimum absolute atomic E-state index is 0.0290. The van der Waals surface area contributed by atoms with Gasteiger partial charge in [-0.1, -0.05) is 30.3 Å². The van der Waals surface area contributed by atoms with Gasteiger partial charge in [0, 0.05) is 11.6 Å². The number of nitrogens with zero attached hydrogens (tertiary/aromatic N) is 1. The van der Waals surface area contributed by atoms with E-state index in [4.69, 9.17) is 15.9 Å². The van der Waals surface area contributed by atoms with Crippen molar-refractivity contribution in [1.29, 1.82) is 5.41 Å². The number of rotatable bonds is 5. The first-order valence-corrected chi connectivity index (χ1v) is 6.29. The Bertz CT molecular complexity index is 698. The molecule has 21 heavy (non-hydrogen) atoms. The molecule has 0 fully saturated rings. The van der Waals surface area contributed by atoms with Gasteiger partial charge in [0.15, 0.2) is 5.75 Å². The molecule has 0 aromatic heterocycles. The molecule has 0 aliphatic carbocycles. The minimum Gasteiger partial charge on any atom is -0.482 e. The molecule has 3 N–H and O–H groups in total. The third-order valence-corrected chi connectivity index (χ3v) is 3.01. The fourth-order valence-corrected chi connectivity index (χ4v) is 1.95. The number of nitrogens with two attached hydrogens (primary N) is 1. The fraction of sp³-hybridized carbons (Fsp3) is 0.133. The molecule has 0 atom stereocenters. The highest BCUT2D eigenvalue weighted by molar-refractivity contribution is 5.95. The van der Waals surface area contributed by atoms with Gasteiger partial charge in [0.25, 0.3) is 0 Å². The minimum atomic E-state index is -0.464. The van der Waals surface area contributed by atoms with Gasteiger partial charge in [-0.3, -0.25) is 15.5 Å². The molecule has 0 unspecified atom stereocenters. The number of amidine groups is 1. The van der Waals surface area contributed by atoms with Gasteiger partial charge in [-0.25, -0.2) is 0 Å². The average Bonchev–Trinajstić information content (AvgIpc) is 2.46. The van der Waals surface area contributed by atoms with Gasteiger partial charge in [-0.05, 0) is 24.1 Å². The van der Waals surface area contributed by atoms with Crippen LogP contribution in [-0.2, 0) is 6.61 Å².